The molecule has 0 saturated heterocycles. The van der Waals surface area contributed by atoms with E-state index in [9.17, 15) is 14.4 Å². The molecule has 1 rings (SSSR count). The lowest BCUT2D eigenvalue weighted by Crippen LogP contribution is -2.33. The van der Waals surface area contributed by atoms with Crippen molar-refractivity contribution in [3.63, 3.8) is 0 Å². The molecule has 0 aliphatic heterocycles. The van der Waals surface area contributed by atoms with Crippen molar-refractivity contribution in [3.8, 4) is 0 Å². The van der Waals surface area contributed by atoms with Crippen molar-refractivity contribution < 1.29 is 19.0 Å². The maximum atomic E-state index is 11.8. The van der Waals surface area contributed by atoms with E-state index in [1.54, 1.807) is 13.8 Å². The first-order valence-corrected chi connectivity index (χ1v) is 5.73. The largest absolute Gasteiger partial charge is 0.461 e. The van der Waals surface area contributed by atoms with Crippen LogP contribution in [0.25, 0.3) is 0 Å². The van der Waals surface area contributed by atoms with E-state index in [2.05, 4.69) is 4.98 Å². The molecule has 1 aromatic heterocycles. The fourth-order valence-corrected chi connectivity index (χ4v) is 1.51. The molecule has 1 unspecified atom stereocenters. The SMILES string of the molecule is CCOC(=O)c1[nH]c(=O)[nH]c(=O)c1C(OC)OCC. The Labute approximate surface area is 108 Å². The standard InChI is InChI=1S/C11H16N2O6/c1-4-18-9(15)7-6(10(17-3)19-5-2)8(14)13-11(16)12-7/h10H,4-5H2,1-3H3,(H2,12,13,14,16). The van der Waals surface area contributed by atoms with Crippen LogP contribution in [0.15, 0.2) is 9.59 Å². The molecule has 0 aliphatic carbocycles. The van der Waals surface area contributed by atoms with Gasteiger partial charge in [0.25, 0.3) is 5.56 Å². The second kappa shape index (κ2) is 6.86. The molecule has 106 valence electrons. The number of methoxy groups -OCH3 is 1. The summed E-state index contributed by atoms with van der Waals surface area (Å²) in [5.41, 5.74) is -1.95. The zero-order valence-corrected chi connectivity index (χ0v) is 10.9. The number of aromatic amines is 2. The maximum Gasteiger partial charge on any atom is 0.355 e. The van der Waals surface area contributed by atoms with Gasteiger partial charge in [0.15, 0.2) is 6.29 Å². The minimum absolute atomic E-state index is 0.111. The summed E-state index contributed by atoms with van der Waals surface area (Å²) in [6.07, 6.45) is -1.06. The topological polar surface area (TPSA) is 110 Å². The molecule has 8 heteroatoms. The van der Waals surface area contributed by atoms with Gasteiger partial charge in [-0.3, -0.25) is 9.78 Å². The van der Waals surface area contributed by atoms with Gasteiger partial charge < -0.3 is 19.2 Å². The fourth-order valence-electron chi connectivity index (χ4n) is 1.51. The van der Waals surface area contributed by atoms with Crippen molar-refractivity contribution >= 4 is 5.97 Å². The van der Waals surface area contributed by atoms with Gasteiger partial charge in [-0.2, -0.15) is 0 Å². The number of nitrogens with one attached hydrogen (secondary N) is 2. The van der Waals surface area contributed by atoms with Crippen LogP contribution in [0.4, 0.5) is 0 Å². The molecular weight excluding hydrogens is 256 g/mol. The Kier molecular flexibility index (Phi) is 5.46. The van der Waals surface area contributed by atoms with Gasteiger partial charge in [-0.05, 0) is 13.8 Å². The van der Waals surface area contributed by atoms with Gasteiger partial charge in [0, 0.05) is 13.7 Å². The first kappa shape index (κ1) is 15.1. The van der Waals surface area contributed by atoms with Crippen molar-refractivity contribution in [3.05, 3.63) is 32.1 Å². The Morgan fingerprint density at radius 1 is 1.21 bits per heavy atom. The molecule has 1 heterocycles. The summed E-state index contributed by atoms with van der Waals surface area (Å²) in [5.74, 6) is -0.817. The van der Waals surface area contributed by atoms with Crippen molar-refractivity contribution in [2.75, 3.05) is 20.3 Å². The van der Waals surface area contributed by atoms with E-state index in [-0.39, 0.29) is 24.5 Å². The Morgan fingerprint density at radius 3 is 2.42 bits per heavy atom. The summed E-state index contributed by atoms with van der Waals surface area (Å²) in [4.78, 5) is 39.0. The summed E-state index contributed by atoms with van der Waals surface area (Å²) >= 11 is 0. The van der Waals surface area contributed by atoms with Crippen LogP contribution in [-0.4, -0.2) is 36.3 Å². The first-order valence-electron chi connectivity index (χ1n) is 5.73. The van der Waals surface area contributed by atoms with Crippen molar-refractivity contribution in [1.29, 1.82) is 0 Å². The fraction of sp³-hybridized carbons (Fsp3) is 0.545. The van der Waals surface area contributed by atoms with Crippen molar-refractivity contribution in [1.82, 2.24) is 9.97 Å². The van der Waals surface area contributed by atoms with Gasteiger partial charge in [-0.15, -0.1) is 0 Å². The lowest BCUT2D eigenvalue weighted by Gasteiger charge is -2.16. The smallest absolute Gasteiger partial charge is 0.355 e. The predicted octanol–water partition coefficient (Wildman–Crippen LogP) is -0.0786. The normalized spacial score (nSPS) is 12.2. The van der Waals surface area contributed by atoms with E-state index < -0.39 is 23.5 Å². The number of hydrogen-bond donors (Lipinski definition) is 2. The second-order valence-electron chi connectivity index (χ2n) is 3.44. The molecule has 0 saturated carbocycles. The minimum Gasteiger partial charge on any atom is -0.461 e. The second-order valence-corrected chi connectivity index (χ2v) is 3.44. The highest BCUT2D eigenvalue weighted by Gasteiger charge is 2.25. The van der Waals surface area contributed by atoms with Crippen LogP contribution in [0.5, 0.6) is 0 Å². The molecule has 0 spiro atoms. The third-order valence-corrected chi connectivity index (χ3v) is 2.23. The number of esters is 1. The molecule has 19 heavy (non-hydrogen) atoms. The van der Waals surface area contributed by atoms with Gasteiger partial charge in [-0.1, -0.05) is 0 Å². The van der Waals surface area contributed by atoms with Gasteiger partial charge in [0.05, 0.1) is 6.61 Å². The van der Waals surface area contributed by atoms with Gasteiger partial charge in [0.2, 0.25) is 0 Å². The monoisotopic (exact) mass is 272 g/mol. The zero-order valence-electron chi connectivity index (χ0n) is 10.9. The van der Waals surface area contributed by atoms with E-state index in [0.717, 1.165) is 0 Å². The van der Waals surface area contributed by atoms with Crippen LogP contribution in [0.2, 0.25) is 0 Å². The Bertz CT molecular complexity index is 547. The number of carbonyl (C=O) groups is 1. The highest BCUT2D eigenvalue weighted by atomic mass is 16.7. The van der Waals surface area contributed by atoms with Crippen LogP contribution in [-0.2, 0) is 14.2 Å². The number of carbonyl (C=O) groups excluding carboxylic acids is 1. The van der Waals surface area contributed by atoms with Crippen LogP contribution in [0, 0.1) is 0 Å². The average molecular weight is 272 g/mol. The predicted molar refractivity (Wildman–Crippen MR) is 65.0 cm³/mol. The lowest BCUT2D eigenvalue weighted by molar-refractivity contribution is -0.125. The summed E-state index contributed by atoms with van der Waals surface area (Å²) in [6, 6.07) is 0. The number of hydrogen-bond acceptors (Lipinski definition) is 6. The van der Waals surface area contributed by atoms with Crippen LogP contribution >= 0.6 is 0 Å². The molecule has 0 aliphatic rings. The molecule has 1 aromatic rings. The van der Waals surface area contributed by atoms with E-state index in [4.69, 9.17) is 14.2 Å². The molecule has 1 atom stereocenters. The molecule has 0 bridgehead atoms. The molecule has 2 N–H and O–H groups in total. The third-order valence-electron chi connectivity index (χ3n) is 2.23. The number of H-pyrrole nitrogens is 2. The Balaban J connectivity index is 3.38. The van der Waals surface area contributed by atoms with E-state index >= 15 is 0 Å². The van der Waals surface area contributed by atoms with Gasteiger partial charge >= 0.3 is 11.7 Å². The van der Waals surface area contributed by atoms with E-state index in [1.165, 1.54) is 7.11 Å². The Hall–Kier alpha value is -1.93. The van der Waals surface area contributed by atoms with Crippen molar-refractivity contribution in [2.45, 2.75) is 20.1 Å². The van der Waals surface area contributed by atoms with Gasteiger partial charge in [0.1, 0.15) is 11.3 Å². The summed E-state index contributed by atoms with van der Waals surface area (Å²) in [6.45, 7) is 3.69. The quantitative estimate of drug-likeness (QED) is 0.553. The zero-order chi connectivity index (χ0) is 14.4. The molecule has 0 amide bonds. The summed E-state index contributed by atoms with van der Waals surface area (Å²) in [7, 11) is 1.32. The first-order chi connectivity index (χ1) is 9.04. The van der Waals surface area contributed by atoms with Crippen LogP contribution < -0.4 is 11.2 Å². The van der Waals surface area contributed by atoms with Crippen LogP contribution in [0.1, 0.15) is 36.2 Å². The van der Waals surface area contributed by atoms with Gasteiger partial charge in [-0.25, -0.2) is 9.59 Å². The number of ether oxygens (including phenoxy) is 3. The third kappa shape index (κ3) is 3.52. The minimum atomic E-state index is -1.06. The highest BCUT2D eigenvalue weighted by molar-refractivity contribution is 5.88. The summed E-state index contributed by atoms with van der Waals surface area (Å²) < 4.78 is 15.0. The van der Waals surface area contributed by atoms with Crippen LogP contribution in [0.3, 0.4) is 0 Å². The molecule has 0 radical (unpaired) electrons. The summed E-state index contributed by atoms with van der Waals surface area (Å²) in [5, 5.41) is 0. The molecule has 0 fully saturated rings. The Morgan fingerprint density at radius 2 is 1.89 bits per heavy atom. The molecular formula is C11H16N2O6. The van der Waals surface area contributed by atoms with E-state index in [1.807, 2.05) is 4.98 Å². The molecule has 8 nitrogen and oxygen atoms in total. The number of aromatic nitrogens is 2. The lowest BCUT2D eigenvalue weighted by atomic mass is 10.2. The van der Waals surface area contributed by atoms with Crippen molar-refractivity contribution in [2.24, 2.45) is 0 Å². The average Bonchev–Trinajstić information content (AvgIpc) is 2.36. The molecule has 0 aromatic carbocycles. The number of rotatable bonds is 6. The maximum absolute atomic E-state index is 11.8. The highest BCUT2D eigenvalue weighted by Crippen LogP contribution is 2.17. The van der Waals surface area contributed by atoms with E-state index in [0.29, 0.717) is 0 Å².